The van der Waals surface area contributed by atoms with Crippen molar-refractivity contribution in [3.8, 4) is 0 Å². The van der Waals surface area contributed by atoms with Crippen molar-refractivity contribution in [2.45, 2.75) is 18.2 Å². The van der Waals surface area contributed by atoms with Gasteiger partial charge in [0.25, 0.3) is 5.91 Å². The highest BCUT2D eigenvalue weighted by Crippen LogP contribution is 2.19. The number of benzene rings is 2. The average Bonchev–Trinajstić information content (AvgIpc) is 2.87. The Balaban J connectivity index is 1.75. The lowest BCUT2D eigenvalue weighted by atomic mass is 10.2. The summed E-state index contributed by atoms with van der Waals surface area (Å²) in [5.74, 6) is -2.16. The van der Waals surface area contributed by atoms with Crippen LogP contribution in [0.5, 0.6) is 0 Å². The number of halogens is 2. The largest absolute Gasteiger partial charge is 0.337 e. The molecular weight excluding hydrogens is 374 g/mol. The fourth-order valence-electron chi connectivity index (χ4n) is 3.06. The van der Waals surface area contributed by atoms with Crippen molar-refractivity contribution < 1.29 is 22.0 Å². The molecule has 0 spiro atoms. The van der Waals surface area contributed by atoms with Crippen LogP contribution < -0.4 is 0 Å². The van der Waals surface area contributed by atoms with Gasteiger partial charge in [-0.15, -0.1) is 0 Å². The molecule has 0 unspecified atom stereocenters. The Kier molecular flexibility index (Phi) is 5.57. The summed E-state index contributed by atoms with van der Waals surface area (Å²) >= 11 is 0. The molecule has 0 aliphatic carbocycles. The first-order chi connectivity index (χ1) is 12.8. The molecule has 1 fully saturated rings. The van der Waals surface area contributed by atoms with Crippen LogP contribution in [-0.4, -0.2) is 49.7 Å². The third kappa shape index (κ3) is 4.33. The maximum atomic E-state index is 13.4. The highest BCUT2D eigenvalue weighted by molar-refractivity contribution is 7.89. The smallest absolute Gasteiger partial charge is 0.254 e. The van der Waals surface area contributed by atoms with Gasteiger partial charge in [-0.05, 0) is 37.6 Å². The Morgan fingerprint density at radius 3 is 2.19 bits per heavy atom. The van der Waals surface area contributed by atoms with Crippen LogP contribution in [0.1, 0.15) is 22.3 Å². The molecule has 2 aromatic rings. The topological polar surface area (TPSA) is 57.7 Å². The van der Waals surface area contributed by atoms with E-state index in [0.29, 0.717) is 19.0 Å². The second-order valence-electron chi connectivity index (χ2n) is 6.52. The van der Waals surface area contributed by atoms with E-state index in [4.69, 9.17) is 0 Å². The summed E-state index contributed by atoms with van der Waals surface area (Å²) in [5, 5.41) is 0. The normalized spacial score (nSPS) is 16.2. The van der Waals surface area contributed by atoms with Crippen molar-refractivity contribution in [3.05, 3.63) is 65.2 Å². The second kappa shape index (κ2) is 7.74. The molecule has 0 bridgehead atoms. The third-order valence-electron chi connectivity index (χ3n) is 4.51. The van der Waals surface area contributed by atoms with Gasteiger partial charge in [0.05, 0.1) is 4.90 Å². The number of aryl methyl sites for hydroxylation is 1. The molecule has 0 N–H and O–H groups in total. The molecule has 27 heavy (non-hydrogen) atoms. The Morgan fingerprint density at radius 1 is 0.926 bits per heavy atom. The fraction of sp³-hybridized carbons (Fsp3) is 0.316. The molecule has 0 saturated carbocycles. The van der Waals surface area contributed by atoms with E-state index in [1.165, 1.54) is 9.21 Å². The molecule has 0 aromatic heterocycles. The third-order valence-corrected chi connectivity index (χ3v) is 6.42. The number of rotatable bonds is 3. The predicted octanol–water partition coefficient (Wildman–Crippen LogP) is 2.81. The van der Waals surface area contributed by atoms with E-state index in [1.807, 2.05) is 6.92 Å². The molecule has 1 heterocycles. The van der Waals surface area contributed by atoms with Crippen molar-refractivity contribution in [1.29, 1.82) is 0 Å². The minimum Gasteiger partial charge on any atom is -0.337 e. The SMILES string of the molecule is Cc1ccc(S(=O)(=O)N2CCCN(C(=O)c3cc(F)cc(F)c3)CC2)cc1. The molecule has 8 heteroatoms. The molecular formula is C19H20F2N2O3S. The molecule has 0 radical (unpaired) electrons. The van der Waals surface area contributed by atoms with Crippen molar-refractivity contribution in [2.75, 3.05) is 26.2 Å². The van der Waals surface area contributed by atoms with Gasteiger partial charge in [0.1, 0.15) is 11.6 Å². The minimum absolute atomic E-state index is 0.0812. The number of sulfonamides is 1. The van der Waals surface area contributed by atoms with E-state index in [0.717, 1.165) is 17.7 Å². The monoisotopic (exact) mass is 394 g/mol. The minimum atomic E-state index is -3.65. The zero-order valence-corrected chi connectivity index (χ0v) is 15.7. The number of carbonyl (C=O) groups is 1. The van der Waals surface area contributed by atoms with Gasteiger partial charge in [-0.3, -0.25) is 4.79 Å². The number of carbonyl (C=O) groups excluding carboxylic acids is 1. The number of hydrogen-bond donors (Lipinski definition) is 0. The van der Waals surface area contributed by atoms with E-state index in [9.17, 15) is 22.0 Å². The van der Waals surface area contributed by atoms with Gasteiger partial charge in [-0.2, -0.15) is 4.31 Å². The number of hydrogen-bond acceptors (Lipinski definition) is 3. The first-order valence-electron chi connectivity index (χ1n) is 8.59. The summed E-state index contributed by atoms with van der Waals surface area (Å²) in [7, 11) is -3.65. The molecule has 0 atom stereocenters. The Labute approximate surface area is 157 Å². The Bertz CT molecular complexity index is 926. The van der Waals surface area contributed by atoms with Gasteiger partial charge in [-0.25, -0.2) is 17.2 Å². The Hall–Kier alpha value is -2.32. The molecule has 1 aliphatic rings. The molecule has 144 valence electrons. The Morgan fingerprint density at radius 2 is 1.56 bits per heavy atom. The summed E-state index contributed by atoms with van der Waals surface area (Å²) in [6.07, 6.45) is 0.439. The van der Waals surface area contributed by atoms with Crippen LogP contribution in [0.15, 0.2) is 47.4 Å². The quantitative estimate of drug-likeness (QED) is 0.804. The van der Waals surface area contributed by atoms with Gasteiger partial charge in [0, 0.05) is 37.8 Å². The standard InChI is InChI=1S/C19H20F2N2O3S/c1-14-3-5-18(6-4-14)27(25,26)23-8-2-7-22(9-10-23)19(24)15-11-16(20)13-17(21)12-15/h3-6,11-13H,2,7-10H2,1H3. The van der Waals surface area contributed by atoms with E-state index >= 15 is 0 Å². The molecule has 1 aliphatic heterocycles. The molecule has 3 rings (SSSR count). The maximum Gasteiger partial charge on any atom is 0.254 e. The van der Waals surface area contributed by atoms with Crippen LogP contribution in [0.2, 0.25) is 0 Å². The second-order valence-corrected chi connectivity index (χ2v) is 8.46. The summed E-state index contributed by atoms with van der Waals surface area (Å²) in [5.41, 5.74) is 0.881. The van der Waals surface area contributed by atoms with Crippen molar-refractivity contribution in [1.82, 2.24) is 9.21 Å². The number of nitrogens with zero attached hydrogens (tertiary/aromatic N) is 2. The summed E-state index contributed by atoms with van der Waals surface area (Å²) in [4.78, 5) is 14.2. The van der Waals surface area contributed by atoms with Gasteiger partial charge in [-0.1, -0.05) is 17.7 Å². The lowest BCUT2D eigenvalue weighted by Gasteiger charge is -2.22. The summed E-state index contributed by atoms with van der Waals surface area (Å²) < 4.78 is 53.7. The van der Waals surface area contributed by atoms with Gasteiger partial charge in [0.15, 0.2) is 0 Å². The van der Waals surface area contributed by atoms with E-state index in [1.54, 1.807) is 24.3 Å². The van der Waals surface area contributed by atoms with Crippen molar-refractivity contribution >= 4 is 15.9 Å². The van der Waals surface area contributed by atoms with E-state index in [2.05, 4.69) is 0 Å². The van der Waals surface area contributed by atoms with E-state index < -0.39 is 27.6 Å². The average molecular weight is 394 g/mol. The van der Waals surface area contributed by atoms with Crippen LogP contribution in [0.3, 0.4) is 0 Å². The number of amides is 1. The fourth-order valence-corrected chi connectivity index (χ4v) is 4.53. The highest BCUT2D eigenvalue weighted by Gasteiger charge is 2.28. The van der Waals surface area contributed by atoms with Gasteiger partial charge in [0.2, 0.25) is 10.0 Å². The first-order valence-corrected chi connectivity index (χ1v) is 10.0. The van der Waals surface area contributed by atoms with Crippen LogP contribution in [0, 0.1) is 18.6 Å². The van der Waals surface area contributed by atoms with Crippen LogP contribution in [-0.2, 0) is 10.0 Å². The van der Waals surface area contributed by atoms with Crippen LogP contribution in [0.25, 0.3) is 0 Å². The lowest BCUT2D eigenvalue weighted by molar-refractivity contribution is 0.0763. The zero-order valence-electron chi connectivity index (χ0n) is 14.9. The predicted molar refractivity (Wildman–Crippen MR) is 96.8 cm³/mol. The summed E-state index contributed by atoms with van der Waals surface area (Å²) in [6.45, 7) is 2.75. The van der Waals surface area contributed by atoms with Crippen LogP contribution >= 0.6 is 0 Å². The van der Waals surface area contributed by atoms with E-state index in [-0.39, 0.29) is 30.1 Å². The highest BCUT2D eigenvalue weighted by atomic mass is 32.2. The molecule has 1 amide bonds. The maximum absolute atomic E-state index is 13.4. The van der Waals surface area contributed by atoms with Crippen molar-refractivity contribution in [2.24, 2.45) is 0 Å². The molecule has 5 nitrogen and oxygen atoms in total. The summed E-state index contributed by atoms with van der Waals surface area (Å²) in [6, 6.07) is 9.27. The van der Waals surface area contributed by atoms with Gasteiger partial charge >= 0.3 is 0 Å². The van der Waals surface area contributed by atoms with Crippen molar-refractivity contribution in [3.63, 3.8) is 0 Å². The van der Waals surface area contributed by atoms with Crippen LogP contribution in [0.4, 0.5) is 8.78 Å². The lowest BCUT2D eigenvalue weighted by Crippen LogP contribution is -2.37. The molecule has 1 saturated heterocycles. The molecule has 2 aromatic carbocycles. The zero-order chi connectivity index (χ0) is 19.6. The van der Waals surface area contributed by atoms with Gasteiger partial charge < -0.3 is 4.90 Å². The first kappa shape index (κ1) is 19.4.